The zero-order valence-electron chi connectivity index (χ0n) is 16.8. The van der Waals surface area contributed by atoms with Gasteiger partial charge in [0.15, 0.2) is 0 Å². The molecule has 1 aliphatic carbocycles. The van der Waals surface area contributed by atoms with Gasteiger partial charge in [-0.2, -0.15) is 0 Å². The van der Waals surface area contributed by atoms with E-state index in [0.717, 1.165) is 44.8 Å². The molecule has 2 aliphatic rings. The Balaban J connectivity index is 1.55. The lowest BCUT2D eigenvalue weighted by Gasteiger charge is -2.35. The van der Waals surface area contributed by atoms with Crippen LogP contribution in [0, 0.1) is 12.3 Å². The summed E-state index contributed by atoms with van der Waals surface area (Å²) >= 11 is 0. The number of amides is 1. The van der Waals surface area contributed by atoms with Crippen LogP contribution in [-0.2, 0) is 4.79 Å². The number of hydrogen-bond donors (Lipinski definition) is 1. The van der Waals surface area contributed by atoms with E-state index < -0.39 is 0 Å². The van der Waals surface area contributed by atoms with E-state index in [1.54, 1.807) is 0 Å². The molecule has 0 bridgehead atoms. The van der Waals surface area contributed by atoms with Gasteiger partial charge >= 0.3 is 0 Å². The Hall–Kier alpha value is -1.43. The number of rotatable bonds is 7. The number of carbonyl (C=O) groups is 1. The van der Waals surface area contributed by atoms with Crippen molar-refractivity contribution in [3.05, 3.63) is 35.4 Å². The summed E-state index contributed by atoms with van der Waals surface area (Å²) in [5.74, 6) is 0.114. The topological polar surface area (TPSA) is 38.8 Å². The molecular formula is C21H34N4O. The maximum Gasteiger partial charge on any atom is 0.241 e. The van der Waals surface area contributed by atoms with Gasteiger partial charge in [-0.1, -0.05) is 29.8 Å². The van der Waals surface area contributed by atoms with Crippen molar-refractivity contribution in [2.24, 2.45) is 5.41 Å². The molecule has 1 amide bonds. The Kier molecular flexibility index (Phi) is 6.00. The average molecular weight is 359 g/mol. The van der Waals surface area contributed by atoms with E-state index >= 15 is 0 Å². The Morgan fingerprint density at radius 2 is 1.77 bits per heavy atom. The summed E-state index contributed by atoms with van der Waals surface area (Å²) in [6.45, 7) is 8.60. The molecule has 1 aromatic rings. The van der Waals surface area contributed by atoms with Crippen molar-refractivity contribution in [2.75, 3.05) is 60.4 Å². The summed E-state index contributed by atoms with van der Waals surface area (Å²) in [4.78, 5) is 19.9. The van der Waals surface area contributed by atoms with Gasteiger partial charge in [-0.3, -0.25) is 9.69 Å². The molecular weight excluding hydrogens is 324 g/mol. The van der Waals surface area contributed by atoms with Crippen molar-refractivity contribution in [1.82, 2.24) is 20.0 Å². The van der Waals surface area contributed by atoms with Crippen molar-refractivity contribution in [2.45, 2.75) is 25.8 Å². The largest absolute Gasteiger partial charge is 0.354 e. The highest BCUT2D eigenvalue weighted by Crippen LogP contribution is 2.45. The van der Waals surface area contributed by atoms with Crippen LogP contribution in [0.15, 0.2) is 24.3 Å². The number of likely N-dealkylation sites (N-methyl/N-ethyl adjacent to an activating group) is 2. The van der Waals surface area contributed by atoms with Crippen LogP contribution < -0.4 is 5.32 Å². The van der Waals surface area contributed by atoms with Crippen molar-refractivity contribution in [3.63, 3.8) is 0 Å². The summed E-state index contributed by atoms with van der Waals surface area (Å²) in [5.41, 5.74) is 2.58. The Morgan fingerprint density at radius 1 is 1.15 bits per heavy atom. The summed E-state index contributed by atoms with van der Waals surface area (Å²) in [6.07, 6.45) is 2.47. The van der Waals surface area contributed by atoms with Crippen molar-refractivity contribution >= 4 is 5.91 Å². The fourth-order valence-electron chi connectivity index (χ4n) is 3.85. The predicted octanol–water partition coefficient (Wildman–Crippen LogP) is 1.74. The highest BCUT2D eigenvalue weighted by atomic mass is 16.2. The zero-order chi connectivity index (χ0) is 18.7. The second-order valence-corrected chi connectivity index (χ2v) is 8.57. The maximum absolute atomic E-state index is 12.9. The Labute approximate surface area is 158 Å². The predicted molar refractivity (Wildman–Crippen MR) is 106 cm³/mol. The standard InChI is InChI=1S/C21H34N4O/c1-17-5-7-18(8-6-17)19(23(2)3)20(26)22-15-21(9-10-21)16-25-13-11-24(4)12-14-25/h5-8,19H,9-16H2,1-4H3,(H,22,26). The minimum absolute atomic E-state index is 0.114. The van der Waals surface area contributed by atoms with Gasteiger partial charge in [0, 0.05) is 44.7 Å². The zero-order valence-corrected chi connectivity index (χ0v) is 16.8. The lowest BCUT2D eigenvalue weighted by atomic mass is 10.0. The number of nitrogens with one attached hydrogen (secondary N) is 1. The van der Waals surface area contributed by atoms with Gasteiger partial charge < -0.3 is 15.1 Å². The van der Waals surface area contributed by atoms with Gasteiger partial charge in [-0.05, 0) is 46.5 Å². The SMILES string of the molecule is Cc1ccc(C(C(=O)NCC2(CN3CCN(C)CC3)CC2)N(C)C)cc1. The molecule has 144 valence electrons. The first-order chi connectivity index (χ1) is 12.4. The molecule has 1 aromatic carbocycles. The highest BCUT2D eigenvalue weighted by molar-refractivity contribution is 5.83. The van der Waals surface area contributed by atoms with Gasteiger partial charge in [0.05, 0.1) is 0 Å². The van der Waals surface area contributed by atoms with Crippen LogP contribution in [0.3, 0.4) is 0 Å². The molecule has 0 spiro atoms. The van der Waals surface area contributed by atoms with Crippen LogP contribution in [0.25, 0.3) is 0 Å². The molecule has 5 nitrogen and oxygen atoms in total. The van der Waals surface area contributed by atoms with Gasteiger partial charge in [0.1, 0.15) is 6.04 Å². The number of benzene rings is 1. The molecule has 1 N–H and O–H groups in total. The number of aryl methyl sites for hydroxylation is 1. The first kappa shape index (κ1) is 19.3. The second kappa shape index (κ2) is 8.07. The quantitative estimate of drug-likeness (QED) is 0.806. The molecule has 1 saturated carbocycles. The summed E-state index contributed by atoms with van der Waals surface area (Å²) in [5, 5.41) is 3.26. The van der Waals surface area contributed by atoms with E-state index in [0.29, 0.717) is 5.41 Å². The monoisotopic (exact) mass is 358 g/mol. The first-order valence-corrected chi connectivity index (χ1v) is 9.80. The third-order valence-corrected chi connectivity index (χ3v) is 5.91. The average Bonchev–Trinajstić information content (AvgIpc) is 3.37. The molecule has 1 heterocycles. The first-order valence-electron chi connectivity index (χ1n) is 9.80. The van der Waals surface area contributed by atoms with Crippen LogP contribution in [0.2, 0.25) is 0 Å². The molecule has 3 rings (SSSR count). The minimum atomic E-state index is -0.227. The molecule has 1 unspecified atom stereocenters. The lowest BCUT2D eigenvalue weighted by molar-refractivity contribution is -0.126. The molecule has 1 saturated heterocycles. The third-order valence-electron chi connectivity index (χ3n) is 5.91. The van der Waals surface area contributed by atoms with E-state index in [2.05, 4.69) is 53.4 Å². The number of nitrogens with zero attached hydrogens (tertiary/aromatic N) is 3. The van der Waals surface area contributed by atoms with Gasteiger partial charge in [0.25, 0.3) is 0 Å². The smallest absolute Gasteiger partial charge is 0.241 e. The van der Waals surface area contributed by atoms with Crippen LogP contribution in [0.4, 0.5) is 0 Å². The van der Waals surface area contributed by atoms with Crippen LogP contribution >= 0.6 is 0 Å². The van der Waals surface area contributed by atoms with Crippen LogP contribution in [-0.4, -0.2) is 81.0 Å². The molecule has 5 heteroatoms. The van der Waals surface area contributed by atoms with Crippen LogP contribution in [0.5, 0.6) is 0 Å². The molecule has 1 atom stereocenters. The van der Waals surface area contributed by atoms with Gasteiger partial charge in [-0.25, -0.2) is 0 Å². The minimum Gasteiger partial charge on any atom is -0.354 e. The van der Waals surface area contributed by atoms with E-state index in [1.165, 1.54) is 18.4 Å². The highest BCUT2D eigenvalue weighted by Gasteiger charge is 2.44. The summed E-state index contributed by atoms with van der Waals surface area (Å²) in [7, 11) is 6.14. The van der Waals surface area contributed by atoms with E-state index in [9.17, 15) is 4.79 Å². The third kappa shape index (κ3) is 4.84. The van der Waals surface area contributed by atoms with Crippen molar-refractivity contribution in [3.8, 4) is 0 Å². The van der Waals surface area contributed by atoms with E-state index in [-0.39, 0.29) is 11.9 Å². The molecule has 0 aromatic heterocycles. The Bertz CT molecular complexity index is 601. The molecule has 26 heavy (non-hydrogen) atoms. The Morgan fingerprint density at radius 3 is 2.31 bits per heavy atom. The maximum atomic E-state index is 12.9. The fraction of sp³-hybridized carbons (Fsp3) is 0.667. The van der Waals surface area contributed by atoms with E-state index in [4.69, 9.17) is 0 Å². The molecule has 1 aliphatic heterocycles. The fourth-order valence-corrected chi connectivity index (χ4v) is 3.85. The van der Waals surface area contributed by atoms with E-state index in [1.807, 2.05) is 19.0 Å². The summed E-state index contributed by atoms with van der Waals surface area (Å²) in [6, 6.07) is 8.06. The van der Waals surface area contributed by atoms with Gasteiger partial charge in [0.2, 0.25) is 5.91 Å². The molecule has 0 radical (unpaired) electrons. The van der Waals surface area contributed by atoms with Crippen molar-refractivity contribution < 1.29 is 4.79 Å². The number of carbonyl (C=O) groups excluding carboxylic acids is 1. The number of hydrogen-bond acceptors (Lipinski definition) is 4. The lowest BCUT2D eigenvalue weighted by Crippen LogP contribution is -2.48. The second-order valence-electron chi connectivity index (χ2n) is 8.57. The number of piperazine rings is 1. The van der Waals surface area contributed by atoms with Gasteiger partial charge in [-0.15, -0.1) is 0 Å². The van der Waals surface area contributed by atoms with Crippen LogP contribution in [0.1, 0.15) is 30.0 Å². The normalized spacial score (nSPS) is 21.6. The molecule has 2 fully saturated rings. The summed E-state index contributed by atoms with van der Waals surface area (Å²) < 4.78 is 0. The van der Waals surface area contributed by atoms with Crippen molar-refractivity contribution in [1.29, 1.82) is 0 Å².